The highest BCUT2D eigenvalue weighted by Crippen LogP contribution is 2.30. The van der Waals surface area contributed by atoms with Gasteiger partial charge < -0.3 is 46.5 Å². The number of nitrogens with zero attached hydrogens (tertiary/aromatic N) is 3. The number of benzene rings is 3. The number of fused-ring (bicyclic) bond motifs is 1. The van der Waals surface area contributed by atoms with Crippen LogP contribution < -0.4 is 32.2 Å². The summed E-state index contributed by atoms with van der Waals surface area (Å²) in [6.45, 7) is 8.22. The zero-order valence-electron chi connectivity index (χ0n) is 45.7. The van der Waals surface area contributed by atoms with E-state index in [9.17, 15) is 55.9 Å². The topological polar surface area (TPSA) is 281 Å². The molecule has 23 heteroatoms. The van der Waals surface area contributed by atoms with Crippen molar-refractivity contribution in [1.82, 2.24) is 20.5 Å². The number of ketones is 2. The van der Waals surface area contributed by atoms with Crippen molar-refractivity contribution in [2.45, 2.75) is 111 Å². The molecule has 0 saturated heterocycles. The largest absolute Gasteiger partial charge is 0.461 e. The summed E-state index contributed by atoms with van der Waals surface area (Å²) in [5, 5.41) is 8.06. The number of aromatic nitrogens is 1. The highest BCUT2D eigenvalue weighted by Gasteiger charge is 2.30. The third-order valence-corrected chi connectivity index (χ3v) is 12.8. The van der Waals surface area contributed by atoms with Gasteiger partial charge in [-0.2, -0.15) is 8.78 Å². The molecule has 0 saturated carbocycles. The van der Waals surface area contributed by atoms with Crippen molar-refractivity contribution in [3.63, 3.8) is 0 Å². The molecule has 0 radical (unpaired) electrons. The number of amides is 5. The average molecular weight is 1130 g/mol. The molecule has 0 fully saturated rings. The normalized spacial score (nSPS) is 12.7. The minimum absolute atomic E-state index is 0.00681. The number of rotatable bonds is 31. The van der Waals surface area contributed by atoms with Crippen molar-refractivity contribution in [3.05, 3.63) is 124 Å². The highest BCUT2D eigenvalue weighted by molar-refractivity contribution is 6.08. The molecule has 2 heterocycles. The van der Waals surface area contributed by atoms with Gasteiger partial charge in [0.25, 0.3) is 5.91 Å². The summed E-state index contributed by atoms with van der Waals surface area (Å²) in [6.07, 6.45) is 6.22. The fourth-order valence-corrected chi connectivity index (χ4v) is 8.52. The van der Waals surface area contributed by atoms with Crippen molar-refractivity contribution in [2.75, 3.05) is 38.2 Å². The van der Waals surface area contributed by atoms with Gasteiger partial charge in [-0.1, -0.05) is 58.0 Å². The minimum Gasteiger partial charge on any atom is -0.461 e. The smallest absolute Gasteiger partial charge is 0.313 e. The highest BCUT2D eigenvalue weighted by atomic mass is 19.2. The molecule has 0 unspecified atom stereocenters. The van der Waals surface area contributed by atoms with Gasteiger partial charge >= 0.3 is 18.0 Å². The number of nitrogens with one attached hydrogen (secondary N) is 3. The van der Waals surface area contributed by atoms with Gasteiger partial charge in [-0.25, -0.2) is 18.6 Å². The lowest BCUT2D eigenvalue weighted by Gasteiger charge is -2.24. The van der Waals surface area contributed by atoms with Crippen molar-refractivity contribution in [2.24, 2.45) is 28.3 Å². The number of aliphatic imine (C=N–C) groups is 1. The lowest BCUT2D eigenvalue weighted by Crippen LogP contribution is -2.46. The number of hydrogen-bond donors (Lipinski definition) is 5. The van der Waals surface area contributed by atoms with Crippen LogP contribution in [-0.4, -0.2) is 102 Å². The predicted octanol–water partition coefficient (Wildman–Crippen LogP) is 7.67. The van der Waals surface area contributed by atoms with Crippen LogP contribution in [0.5, 0.6) is 5.75 Å². The van der Waals surface area contributed by atoms with Crippen LogP contribution in [0.2, 0.25) is 0 Å². The summed E-state index contributed by atoms with van der Waals surface area (Å²) in [7, 11) is 0. The molecule has 1 aliphatic heterocycles. The Bertz CT molecular complexity index is 2960. The molecule has 19 nitrogen and oxygen atoms in total. The fourth-order valence-electron chi connectivity index (χ4n) is 8.52. The Morgan fingerprint density at radius 1 is 0.802 bits per heavy atom. The second kappa shape index (κ2) is 31.5. The summed E-state index contributed by atoms with van der Waals surface area (Å²) >= 11 is 0. The van der Waals surface area contributed by atoms with E-state index in [2.05, 4.69) is 30.7 Å². The molecular formula is C58H68F4N8O11. The maximum absolute atomic E-state index is 13.8. The van der Waals surface area contributed by atoms with Crippen LogP contribution in [0.25, 0.3) is 6.08 Å². The molecule has 1 aliphatic rings. The number of Topliss-reactive ketones (excluding diaryl/α,β-unsaturated/α-hetero) is 2. The number of nitrogens with two attached hydrogens (primary N) is 2. The molecule has 0 aliphatic carbocycles. The summed E-state index contributed by atoms with van der Waals surface area (Å²) in [5.41, 5.74) is 15.7. The molecular weight excluding hydrogens is 1060 g/mol. The van der Waals surface area contributed by atoms with Gasteiger partial charge in [-0.05, 0) is 79.0 Å². The van der Waals surface area contributed by atoms with Crippen LogP contribution >= 0.6 is 0 Å². The van der Waals surface area contributed by atoms with E-state index < -0.39 is 77.2 Å². The molecule has 2 atom stereocenters. The number of pyridine rings is 1. The third-order valence-electron chi connectivity index (χ3n) is 12.8. The first-order valence-electron chi connectivity index (χ1n) is 26.6. The van der Waals surface area contributed by atoms with Crippen molar-refractivity contribution in [1.29, 1.82) is 0 Å². The average Bonchev–Trinajstić information content (AvgIpc) is 3.67. The van der Waals surface area contributed by atoms with E-state index in [1.165, 1.54) is 6.20 Å². The standard InChI is InChI=1S/C58H68F4N8O11/c1-5-20-70(21-6-2)57(77)40-26-38-14-15-39(27-47(38)68-49(63)28-40)55(75)67-41-24-37(31-65-32-41)13-16-50(73)80-33-36-11-9-35(10-12-36)25-48(72)46(8-7-19-66-58(64)78)69-56(76)43(34(3)4)29-42(71)17-22-79-23-18-51(74)81-54-52(61)44(59)30-45(60)53(54)62/h9-12,14-15,24,26-27,30-32,34,43,46H,5-8,13,16-23,25,28-29,33H2,1-4H3,(H2,63,68)(H,67,75)(H,69,76)(H3,64,66,78)/t43-,46-/m0/s1. The first-order chi connectivity index (χ1) is 38.6. The van der Waals surface area contributed by atoms with E-state index in [-0.39, 0.29) is 113 Å². The van der Waals surface area contributed by atoms with Crippen LogP contribution in [0, 0.1) is 35.1 Å². The molecule has 434 valence electrons. The van der Waals surface area contributed by atoms with Gasteiger partial charge in [0.1, 0.15) is 18.2 Å². The number of ether oxygens (including phenoxy) is 3. The van der Waals surface area contributed by atoms with E-state index in [1.54, 1.807) is 74.7 Å². The second-order valence-corrected chi connectivity index (χ2v) is 19.6. The number of amidine groups is 1. The quantitative estimate of drug-likeness (QED) is 0.0106. The van der Waals surface area contributed by atoms with Crippen LogP contribution in [0.15, 0.2) is 77.6 Å². The first kappa shape index (κ1) is 63.5. The molecule has 0 bridgehead atoms. The predicted molar refractivity (Wildman–Crippen MR) is 292 cm³/mol. The van der Waals surface area contributed by atoms with Gasteiger partial charge in [0.2, 0.25) is 29.2 Å². The SMILES string of the molecule is CCCN(CCC)C(=O)C1=Cc2ccc(C(=O)Nc3cncc(CCC(=O)OCc4ccc(CC(=O)[C@H](CCCNC(N)=O)NC(=O)[C@@H](CC(=O)CCOCCC(=O)Oc5c(F)c(F)cc(F)c5F)C(C)C)cc4)c3)cc2N=C(N)C1. The number of carbonyl (C=O) groups is 8. The Hall–Kier alpha value is -8.34. The monoisotopic (exact) mass is 1130 g/mol. The van der Waals surface area contributed by atoms with E-state index in [4.69, 9.17) is 20.9 Å². The molecule has 5 rings (SSSR count). The third kappa shape index (κ3) is 20.1. The number of esters is 2. The first-order valence-corrected chi connectivity index (χ1v) is 26.6. The van der Waals surface area contributed by atoms with Gasteiger partial charge in [0.15, 0.2) is 17.4 Å². The molecule has 0 spiro atoms. The number of aryl methyl sites for hydroxylation is 1. The van der Waals surface area contributed by atoms with E-state index in [0.29, 0.717) is 57.9 Å². The Labute approximate surface area is 466 Å². The molecule has 3 aromatic carbocycles. The molecule has 4 aromatic rings. The van der Waals surface area contributed by atoms with E-state index >= 15 is 0 Å². The number of primary amides is 1. The number of carbonyl (C=O) groups excluding carboxylic acids is 8. The van der Waals surface area contributed by atoms with Crippen LogP contribution in [-0.2, 0) is 57.7 Å². The molecule has 1 aromatic heterocycles. The van der Waals surface area contributed by atoms with Gasteiger partial charge in [0, 0.05) is 86.6 Å². The second-order valence-electron chi connectivity index (χ2n) is 19.6. The number of halogens is 4. The van der Waals surface area contributed by atoms with E-state index in [0.717, 1.165) is 12.8 Å². The Morgan fingerprint density at radius 2 is 1.48 bits per heavy atom. The van der Waals surface area contributed by atoms with Gasteiger partial charge in [-0.15, -0.1) is 0 Å². The van der Waals surface area contributed by atoms with Gasteiger partial charge in [0.05, 0.1) is 43.2 Å². The zero-order chi connectivity index (χ0) is 59.2. The molecule has 7 N–H and O–H groups in total. The number of anilines is 1. The summed E-state index contributed by atoms with van der Waals surface area (Å²) in [5.74, 6) is -13.3. The lowest BCUT2D eigenvalue weighted by molar-refractivity contribution is -0.145. The zero-order valence-corrected chi connectivity index (χ0v) is 45.7. The maximum Gasteiger partial charge on any atom is 0.313 e. The lowest BCUT2D eigenvalue weighted by atomic mass is 9.88. The summed E-state index contributed by atoms with van der Waals surface area (Å²) < 4.78 is 69.8. The summed E-state index contributed by atoms with van der Waals surface area (Å²) in [4.78, 5) is 114. The van der Waals surface area contributed by atoms with Crippen LogP contribution in [0.3, 0.4) is 0 Å². The Morgan fingerprint density at radius 3 is 2.15 bits per heavy atom. The fraction of sp³-hybridized carbons (Fsp3) is 0.414. The van der Waals surface area contributed by atoms with Crippen molar-refractivity contribution < 1.29 is 70.1 Å². The Balaban J connectivity index is 1.08. The summed E-state index contributed by atoms with van der Waals surface area (Å²) in [6, 6.07) is 11.6. The van der Waals surface area contributed by atoms with Crippen molar-refractivity contribution in [3.8, 4) is 5.75 Å². The van der Waals surface area contributed by atoms with Crippen LogP contribution in [0.1, 0.15) is 118 Å². The minimum atomic E-state index is -1.88. The Kier molecular flexibility index (Phi) is 24.7. The van der Waals surface area contributed by atoms with Crippen molar-refractivity contribution >= 4 is 70.5 Å². The number of urea groups is 1. The molecule has 81 heavy (non-hydrogen) atoms. The molecule has 5 amide bonds. The van der Waals surface area contributed by atoms with Crippen LogP contribution in [0.4, 0.5) is 33.7 Å². The maximum atomic E-state index is 13.8. The van der Waals surface area contributed by atoms with E-state index in [1.807, 2.05) is 18.7 Å². The number of hydrogen-bond acceptors (Lipinski definition) is 14. The van der Waals surface area contributed by atoms with Gasteiger partial charge in [-0.3, -0.25) is 38.5 Å².